The maximum atomic E-state index is 13.5. The number of hydrogen-bond donors (Lipinski definition) is 3. The summed E-state index contributed by atoms with van der Waals surface area (Å²) in [4.78, 5) is 40.4. The molecule has 0 aliphatic heterocycles. The predicted octanol–water partition coefficient (Wildman–Crippen LogP) is 7.39. The number of carbonyl (C=O) groups excluding carboxylic acids is 3. The molecule has 0 aromatic heterocycles. The van der Waals surface area contributed by atoms with Crippen LogP contribution in [0.4, 0.5) is 11.4 Å². The summed E-state index contributed by atoms with van der Waals surface area (Å²) in [5.74, 6) is 0.0328. The van der Waals surface area contributed by atoms with E-state index in [1.165, 1.54) is 18.9 Å². The molecule has 0 fully saturated rings. The average molecular weight is 675 g/mol. The van der Waals surface area contributed by atoms with Crippen LogP contribution < -0.4 is 25.4 Å². The van der Waals surface area contributed by atoms with Crippen molar-refractivity contribution in [2.45, 2.75) is 23.5 Å². The number of ether oxygens (including phenoxy) is 2. The fraction of sp³-hybridized carbons (Fsp3) is 0.147. The van der Waals surface area contributed by atoms with Crippen LogP contribution in [-0.2, 0) is 9.59 Å². The van der Waals surface area contributed by atoms with Gasteiger partial charge in [0.25, 0.3) is 11.8 Å². The van der Waals surface area contributed by atoms with E-state index < -0.39 is 17.1 Å². The molecule has 0 aliphatic carbocycles. The normalized spacial score (nSPS) is 11.7. The second kappa shape index (κ2) is 15.8. The second-order valence-corrected chi connectivity index (χ2v) is 11.7. The van der Waals surface area contributed by atoms with Crippen LogP contribution in [0.3, 0.4) is 0 Å². The van der Waals surface area contributed by atoms with Gasteiger partial charge in [-0.25, -0.2) is 0 Å². The molecule has 8 nitrogen and oxygen atoms in total. The fourth-order valence-electron chi connectivity index (χ4n) is 4.15. The molecule has 0 heterocycles. The Morgan fingerprint density at radius 2 is 1.64 bits per heavy atom. The highest BCUT2D eigenvalue weighted by molar-refractivity contribution is 9.10. The third kappa shape index (κ3) is 8.98. The highest BCUT2D eigenvalue weighted by Gasteiger charge is 2.21. The van der Waals surface area contributed by atoms with E-state index in [-0.39, 0.29) is 11.6 Å². The van der Waals surface area contributed by atoms with Crippen LogP contribution in [0, 0.1) is 0 Å². The van der Waals surface area contributed by atoms with Crippen LogP contribution in [0.25, 0.3) is 6.08 Å². The second-order valence-electron chi connectivity index (χ2n) is 9.49. The molecule has 4 rings (SSSR count). The van der Waals surface area contributed by atoms with Gasteiger partial charge in [-0.1, -0.05) is 59.3 Å². The molecule has 1 atom stereocenters. The average Bonchev–Trinajstić information content (AvgIpc) is 3.04. The molecule has 0 bridgehead atoms. The van der Waals surface area contributed by atoms with Gasteiger partial charge in [0.1, 0.15) is 17.2 Å². The van der Waals surface area contributed by atoms with Crippen molar-refractivity contribution in [3.8, 4) is 11.5 Å². The number of thioether (sulfide) groups is 1. The zero-order valence-corrected chi connectivity index (χ0v) is 26.8. The molecule has 0 radical (unpaired) electrons. The predicted molar refractivity (Wildman–Crippen MR) is 179 cm³/mol. The Hall–Kier alpha value is -4.54. The third-order valence-electron chi connectivity index (χ3n) is 6.39. The van der Waals surface area contributed by atoms with Crippen molar-refractivity contribution in [2.75, 3.05) is 24.9 Å². The number of halogens is 1. The summed E-state index contributed by atoms with van der Waals surface area (Å²) in [5, 5.41) is 8.17. The summed E-state index contributed by atoms with van der Waals surface area (Å²) >= 11 is 4.83. The Balaban J connectivity index is 1.50. The lowest BCUT2D eigenvalue weighted by Gasteiger charge is -2.17. The van der Waals surface area contributed by atoms with Gasteiger partial charge in [-0.05, 0) is 72.7 Å². The lowest BCUT2D eigenvalue weighted by atomic mass is 10.1. The summed E-state index contributed by atoms with van der Waals surface area (Å²) in [7, 11) is 3.09. The zero-order valence-electron chi connectivity index (χ0n) is 24.4. The number of benzene rings is 4. The van der Waals surface area contributed by atoms with Crippen molar-refractivity contribution in [1.82, 2.24) is 5.32 Å². The van der Waals surface area contributed by atoms with Crippen LogP contribution in [-0.4, -0.2) is 37.2 Å². The Labute approximate surface area is 269 Å². The van der Waals surface area contributed by atoms with Gasteiger partial charge >= 0.3 is 0 Å². The number of amides is 3. The van der Waals surface area contributed by atoms with Gasteiger partial charge in [0.05, 0.1) is 25.2 Å². The van der Waals surface area contributed by atoms with Gasteiger partial charge in [0, 0.05) is 26.7 Å². The SMILES string of the molecule is CCC(Sc1cccc(NC(=O)/C(=C\c2cccc(Br)c2)NC(=O)c2ccccc2)c1)C(=O)Nc1ccc(OC)cc1OC. The molecule has 4 aromatic rings. The molecule has 3 N–H and O–H groups in total. The molecular formula is C34H32BrN3O5S. The summed E-state index contributed by atoms with van der Waals surface area (Å²) in [6, 6.07) is 28.5. The van der Waals surface area contributed by atoms with E-state index in [0.29, 0.717) is 34.9 Å². The lowest BCUT2D eigenvalue weighted by Crippen LogP contribution is -2.30. The van der Waals surface area contributed by atoms with E-state index in [0.717, 1.165) is 14.9 Å². The standard InChI is InChI=1S/C34H32BrN3O5S/c1-4-31(34(41)37-28-17-16-26(42-2)21-30(28)43-3)44-27-15-9-14-25(20-27)36-33(40)29(19-22-10-8-13-24(35)18-22)38-32(39)23-11-6-5-7-12-23/h5-21,31H,4H2,1-3H3,(H,36,40)(H,37,41)(H,38,39)/b29-19+. The van der Waals surface area contributed by atoms with Gasteiger partial charge in [-0.15, -0.1) is 11.8 Å². The minimum absolute atomic E-state index is 0.0780. The molecular weight excluding hydrogens is 642 g/mol. The summed E-state index contributed by atoms with van der Waals surface area (Å²) in [6.45, 7) is 1.93. The summed E-state index contributed by atoms with van der Waals surface area (Å²) in [5.41, 5.74) is 2.29. The molecule has 3 amide bonds. The van der Waals surface area contributed by atoms with Crippen LogP contribution in [0.15, 0.2) is 112 Å². The van der Waals surface area contributed by atoms with Gasteiger partial charge in [0.2, 0.25) is 5.91 Å². The van der Waals surface area contributed by atoms with Crippen molar-refractivity contribution in [3.63, 3.8) is 0 Å². The van der Waals surface area contributed by atoms with E-state index in [1.54, 1.807) is 73.8 Å². The number of methoxy groups -OCH3 is 2. The first-order valence-corrected chi connectivity index (χ1v) is 15.4. The molecule has 0 saturated carbocycles. The maximum absolute atomic E-state index is 13.5. The highest BCUT2D eigenvalue weighted by atomic mass is 79.9. The van der Waals surface area contributed by atoms with Crippen LogP contribution in [0.5, 0.6) is 11.5 Å². The quantitative estimate of drug-likeness (QED) is 0.107. The molecule has 44 heavy (non-hydrogen) atoms. The minimum atomic E-state index is -0.493. The van der Waals surface area contributed by atoms with Gasteiger partial charge in [0.15, 0.2) is 0 Å². The van der Waals surface area contributed by atoms with Crippen LogP contribution in [0.1, 0.15) is 29.3 Å². The largest absolute Gasteiger partial charge is 0.497 e. The Morgan fingerprint density at radius 3 is 2.34 bits per heavy atom. The first kappa shape index (κ1) is 32.4. The van der Waals surface area contributed by atoms with Crippen LogP contribution >= 0.6 is 27.7 Å². The Kier molecular flexibility index (Phi) is 11.6. The van der Waals surface area contributed by atoms with E-state index in [1.807, 2.05) is 43.3 Å². The van der Waals surface area contributed by atoms with Gasteiger partial charge in [-0.2, -0.15) is 0 Å². The lowest BCUT2D eigenvalue weighted by molar-refractivity contribution is -0.116. The molecule has 0 saturated heterocycles. The first-order valence-electron chi connectivity index (χ1n) is 13.7. The number of rotatable bonds is 12. The minimum Gasteiger partial charge on any atom is -0.497 e. The third-order valence-corrected chi connectivity index (χ3v) is 8.24. The van der Waals surface area contributed by atoms with E-state index in [9.17, 15) is 14.4 Å². The molecule has 1 unspecified atom stereocenters. The van der Waals surface area contributed by atoms with E-state index in [4.69, 9.17) is 9.47 Å². The van der Waals surface area contributed by atoms with Gasteiger partial charge in [-0.3, -0.25) is 14.4 Å². The number of nitrogens with one attached hydrogen (secondary N) is 3. The number of carbonyl (C=O) groups is 3. The van der Waals surface area contributed by atoms with Crippen molar-refractivity contribution >= 4 is 62.9 Å². The smallest absolute Gasteiger partial charge is 0.272 e. The van der Waals surface area contributed by atoms with Crippen molar-refractivity contribution < 1.29 is 23.9 Å². The van der Waals surface area contributed by atoms with E-state index >= 15 is 0 Å². The topological polar surface area (TPSA) is 106 Å². The van der Waals surface area contributed by atoms with Gasteiger partial charge < -0.3 is 25.4 Å². The van der Waals surface area contributed by atoms with E-state index in [2.05, 4.69) is 31.9 Å². The van der Waals surface area contributed by atoms with Crippen LogP contribution in [0.2, 0.25) is 0 Å². The monoisotopic (exact) mass is 673 g/mol. The number of anilines is 2. The first-order chi connectivity index (χ1) is 21.3. The summed E-state index contributed by atoms with van der Waals surface area (Å²) < 4.78 is 11.5. The summed E-state index contributed by atoms with van der Waals surface area (Å²) in [6.07, 6.45) is 2.18. The Bertz CT molecular complexity index is 1660. The molecule has 0 spiro atoms. The van der Waals surface area contributed by atoms with Crippen molar-refractivity contribution in [3.05, 3.63) is 118 Å². The molecule has 10 heteroatoms. The van der Waals surface area contributed by atoms with Crippen molar-refractivity contribution in [2.24, 2.45) is 0 Å². The zero-order chi connectivity index (χ0) is 31.5. The van der Waals surface area contributed by atoms with Crippen molar-refractivity contribution in [1.29, 1.82) is 0 Å². The molecule has 4 aromatic carbocycles. The molecule has 0 aliphatic rings. The number of hydrogen-bond acceptors (Lipinski definition) is 6. The molecule has 226 valence electrons. The fourth-order valence-corrected chi connectivity index (χ4v) is 5.58. The maximum Gasteiger partial charge on any atom is 0.272 e. The highest BCUT2D eigenvalue weighted by Crippen LogP contribution is 2.32. The Morgan fingerprint density at radius 1 is 0.864 bits per heavy atom.